The van der Waals surface area contributed by atoms with Crippen LogP contribution in [0.25, 0.3) is 0 Å². The minimum absolute atomic E-state index is 0.318. The van der Waals surface area contributed by atoms with Gasteiger partial charge in [0.1, 0.15) is 0 Å². The van der Waals surface area contributed by atoms with Crippen molar-refractivity contribution in [1.82, 2.24) is 5.32 Å². The van der Waals surface area contributed by atoms with Crippen molar-refractivity contribution < 1.29 is 4.79 Å². The summed E-state index contributed by atoms with van der Waals surface area (Å²) in [5.74, 6) is 0.318. The van der Waals surface area contributed by atoms with Gasteiger partial charge in [-0.25, -0.2) is 0 Å². The molecule has 2 nitrogen and oxygen atoms in total. The summed E-state index contributed by atoms with van der Waals surface area (Å²) in [6, 6.07) is 0. The number of ketones is 1. The molecule has 12 heavy (non-hydrogen) atoms. The molecular weight excluding hydrogens is 150 g/mol. The molecule has 0 saturated heterocycles. The fourth-order valence-corrected chi connectivity index (χ4v) is 0.987. The Kier molecular flexibility index (Phi) is 5.14. The maximum absolute atomic E-state index is 11.5. The lowest BCUT2D eigenvalue weighted by atomic mass is 9.95. The first kappa shape index (κ1) is 11.6. The van der Waals surface area contributed by atoms with E-state index >= 15 is 0 Å². The molecule has 0 unspecified atom stereocenters. The molecule has 0 fully saturated rings. The van der Waals surface area contributed by atoms with E-state index in [-0.39, 0.29) is 5.54 Å². The van der Waals surface area contributed by atoms with Gasteiger partial charge in [0, 0.05) is 6.42 Å². The van der Waals surface area contributed by atoms with Crippen LogP contribution in [-0.4, -0.2) is 18.4 Å². The second kappa shape index (κ2) is 5.31. The minimum Gasteiger partial charge on any atom is -0.308 e. The average Bonchev–Trinajstić information content (AvgIpc) is 2.05. The van der Waals surface area contributed by atoms with Crippen LogP contribution in [0, 0.1) is 0 Å². The van der Waals surface area contributed by atoms with Crippen molar-refractivity contribution in [2.45, 2.75) is 52.0 Å². The van der Waals surface area contributed by atoms with Gasteiger partial charge in [0.05, 0.1) is 5.54 Å². The van der Waals surface area contributed by atoms with Gasteiger partial charge in [-0.1, -0.05) is 19.8 Å². The molecule has 0 spiro atoms. The number of carbonyl (C=O) groups excluding carboxylic acids is 1. The van der Waals surface area contributed by atoms with Crippen molar-refractivity contribution in [3.8, 4) is 0 Å². The zero-order valence-corrected chi connectivity index (χ0v) is 8.74. The zero-order valence-electron chi connectivity index (χ0n) is 8.74. The molecule has 0 aliphatic carbocycles. The van der Waals surface area contributed by atoms with E-state index in [0.717, 1.165) is 12.8 Å². The Bertz CT molecular complexity index is 141. The van der Waals surface area contributed by atoms with Crippen molar-refractivity contribution in [2.75, 3.05) is 7.05 Å². The summed E-state index contributed by atoms with van der Waals surface area (Å²) >= 11 is 0. The lowest BCUT2D eigenvalue weighted by Gasteiger charge is -2.21. The number of Topliss-reactive ketones (excluding diaryl/α,β-unsaturated/α-hetero) is 1. The predicted molar refractivity (Wildman–Crippen MR) is 52.3 cm³/mol. The highest BCUT2D eigenvalue weighted by Gasteiger charge is 2.23. The number of hydrogen-bond acceptors (Lipinski definition) is 2. The van der Waals surface area contributed by atoms with Crippen LogP contribution in [0.5, 0.6) is 0 Å². The fourth-order valence-electron chi connectivity index (χ4n) is 0.987. The standard InChI is InChI=1S/C10H21NO/c1-5-6-7-8-9(12)10(2,3)11-4/h11H,5-8H2,1-4H3. The first-order chi connectivity index (χ1) is 5.54. The molecule has 0 aliphatic heterocycles. The van der Waals surface area contributed by atoms with Gasteiger partial charge in [0.2, 0.25) is 0 Å². The van der Waals surface area contributed by atoms with Gasteiger partial charge in [-0.15, -0.1) is 0 Å². The smallest absolute Gasteiger partial charge is 0.152 e. The van der Waals surface area contributed by atoms with Gasteiger partial charge < -0.3 is 5.32 Å². The number of rotatable bonds is 6. The Hall–Kier alpha value is -0.370. The molecule has 1 N–H and O–H groups in total. The molecule has 0 aromatic heterocycles. The Morgan fingerprint density at radius 2 is 1.92 bits per heavy atom. The molecule has 2 heteroatoms. The van der Waals surface area contributed by atoms with E-state index in [4.69, 9.17) is 0 Å². The first-order valence-electron chi connectivity index (χ1n) is 4.76. The van der Waals surface area contributed by atoms with Crippen molar-refractivity contribution in [3.05, 3.63) is 0 Å². The van der Waals surface area contributed by atoms with E-state index in [0.29, 0.717) is 12.2 Å². The van der Waals surface area contributed by atoms with Gasteiger partial charge in [-0.3, -0.25) is 4.79 Å². The molecule has 72 valence electrons. The van der Waals surface area contributed by atoms with Gasteiger partial charge in [0.15, 0.2) is 5.78 Å². The lowest BCUT2D eigenvalue weighted by molar-refractivity contribution is -0.124. The second-order valence-electron chi connectivity index (χ2n) is 3.76. The van der Waals surface area contributed by atoms with Crippen LogP contribution < -0.4 is 5.32 Å². The average molecular weight is 171 g/mol. The van der Waals surface area contributed by atoms with Crippen LogP contribution in [0.15, 0.2) is 0 Å². The largest absolute Gasteiger partial charge is 0.308 e. The maximum Gasteiger partial charge on any atom is 0.152 e. The SMILES string of the molecule is CCCCCC(=O)C(C)(C)NC. The van der Waals surface area contributed by atoms with Crippen molar-refractivity contribution >= 4 is 5.78 Å². The van der Waals surface area contributed by atoms with Gasteiger partial charge >= 0.3 is 0 Å². The first-order valence-corrected chi connectivity index (χ1v) is 4.76. The van der Waals surface area contributed by atoms with Gasteiger partial charge in [-0.05, 0) is 27.3 Å². The summed E-state index contributed by atoms with van der Waals surface area (Å²) in [4.78, 5) is 11.5. The Labute approximate surface area is 75.7 Å². The number of unbranched alkanes of at least 4 members (excludes halogenated alkanes) is 2. The van der Waals surface area contributed by atoms with E-state index in [1.54, 1.807) is 0 Å². The van der Waals surface area contributed by atoms with Crippen LogP contribution in [0.1, 0.15) is 46.5 Å². The van der Waals surface area contributed by atoms with Crippen LogP contribution in [-0.2, 0) is 4.79 Å². The zero-order chi connectivity index (χ0) is 9.61. The summed E-state index contributed by atoms with van der Waals surface area (Å²) < 4.78 is 0. The molecule has 0 bridgehead atoms. The highest BCUT2D eigenvalue weighted by molar-refractivity contribution is 5.87. The van der Waals surface area contributed by atoms with Gasteiger partial charge in [0.25, 0.3) is 0 Å². The highest BCUT2D eigenvalue weighted by atomic mass is 16.1. The Balaban J connectivity index is 3.72. The normalized spacial score (nSPS) is 11.7. The Morgan fingerprint density at radius 3 is 2.33 bits per heavy atom. The molecule has 0 aliphatic rings. The molecule has 0 aromatic rings. The van der Waals surface area contributed by atoms with Crippen molar-refractivity contribution in [2.24, 2.45) is 0 Å². The van der Waals surface area contributed by atoms with Crippen molar-refractivity contribution in [1.29, 1.82) is 0 Å². The monoisotopic (exact) mass is 171 g/mol. The molecule has 0 saturated carbocycles. The third-order valence-corrected chi connectivity index (χ3v) is 2.33. The fraction of sp³-hybridized carbons (Fsp3) is 0.900. The van der Waals surface area contributed by atoms with E-state index in [9.17, 15) is 4.79 Å². The number of likely N-dealkylation sites (N-methyl/N-ethyl adjacent to an activating group) is 1. The van der Waals surface area contributed by atoms with Crippen molar-refractivity contribution in [3.63, 3.8) is 0 Å². The third kappa shape index (κ3) is 3.86. The molecule has 0 aromatic carbocycles. The maximum atomic E-state index is 11.5. The van der Waals surface area contributed by atoms with E-state index in [1.807, 2.05) is 20.9 Å². The minimum atomic E-state index is -0.340. The van der Waals surface area contributed by atoms with Crippen LogP contribution in [0.4, 0.5) is 0 Å². The number of hydrogen-bond donors (Lipinski definition) is 1. The summed E-state index contributed by atoms with van der Waals surface area (Å²) in [7, 11) is 1.83. The highest BCUT2D eigenvalue weighted by Crippen LogP contribution is 2.09. The topological polar surface area (TPSA) is 29.1 Å². The van der Waals surface area contributed by atoms with Crippen LogP contribution in [0.2, 0.25) is 0 Å². The molecule has 0 amide bonds. The summed E-state index contributed by atoms with van der Waals surface area (Å²) in [5.41, 5.74) is -0.340. The summed E-state index contributed by atoms with van der Waals surface area (Å²) in [6.07, 6.45) is 4.07. The predicted octanol–water partition coefficient (Wildman–Crippen LogP) is 2.13. The number of carbonyl (C=O) groups is 1. The Morgan fingerprint density at radius 1 is 1.33 bits per heavy atom. The quantitative estimate of drug-likeness (QED) is 0.620. The van der Waals surface area contributed by atoms with E-state index in [1.165, 1.54) is 6.42 Å². The molecule has 0 heterocycles. The summed E-state index contributed by atoms with van der Waals surface area (Å²) in [5, 5.41) is 3.02. The van der Waals surface area contributed by atoms with E-state index in [2.05, 4.69) is 12.2 Å². The molecular formula is C10H21NO. The lowest BCUT2D eigenvalue weighted by Crippen LogP contribution is -2.44. The molecule has 0 rings (SSSR count). The number of nitrogens with one attached hydrogen (secondary N) is 1. The van der Waals surface area contributed by atoms with Crippen LogP contribution in [0.3, 0.4) is 0 Å². The van der Waals surface area contributed by atoms with Crippen LogP contribution >= 0.6 is 0 Å². The molecule has 0 atom stereocenters. The molecule has 0 radical (unpaired) electrons. The summed E-state index contributed by atoms with van der Waals surface area (Å²) in [6.45, 7) is 6.01. The van der Waals surface area contributed by atoms with Gasteiger partial charge in [-0.2, -0.15) is 0 Å². The van der Waals surface area contributed by atoms with E-state index < -0.39 is 0 Å². The second-order valence-corrected chi connectivity index (χ2v) is 3.76. The third-order valence-electron chi connectivity index (χ3n) is 2.33.